The predicted octanol–water partition coefficient (Wildman–Crippen LogP) is -0.455. The maximum absolute atomic E-state index is 11.5. The zero-order valence-electron chi connectivity index (χ0n) is 13.6. The molecule has 23 heavy (non-hydrogen) atoms. The average Bonchev–Trinajstić information content (AvgIpc) is 2.57. The van der Waals surface area contributed by atoms with Crippen molar-refractivity contribution in [1.82, 2.24) is 5.32 Å². The Kier molecular flexibility index (Phi) is 13.1. The Labute approximate surface area is 137 Å². The van der Waals surface area contributed by atoms with E-state index in [0.29, 0.717) is 19.4 Å². The van der Waals surface area contributed by atoms with Gasteiger partial charge < -0.3 is 25.7 Å². The average molecular weight is 325 g/mol. The fraction of sp³-hybridized carbons (Fsp3) is 0.706. The summed E-state index contributed by atoms with van der Waals surface area (Å²) in [6.45, 7) is 1.72. The molecule has 0 saturated carbocycles. The third-order valence-corrected chi connectivity index (χ3v) is 3.10. The standard InChI is InChI=1S/C17H27NO5/c1-2-3-4-5-6-7-8-9-10-11-12-18-17(23)16(22)15(21)14(20)13-19/h14-16,19-22H,2-4,9-13H2,1H3,(H,18,23)/t14-,15-,16+/m0/s1. The first-order valence-electron chi connectivity index (χ1n) is 7.93. The van der Waals surface area contributed by atoms with Gasteiger partial charge in [0.2, 0.25) is 0 Å². The number of amides is 1. The normalized spacial score (nSPS) is 13.8. The molecule has 6 heteroatoms. The van der Waals surface area contributed by atoms with Crippen LogP contribution in [0.15, 0.2) is 0 Å². The Morgan fingerprint density at radius 1 is 1.04 bits per heavy atom. The SMILES string of the molecule is CCCCC#CC#CCCCCNC(=O)[C@H](O)[C@@H](O)[C@@H](O)CO. The topological polar surface area (TPSA) is 110 Å². The number of hydrogen-bond donors (Lipinski definition) is 5. The monoisotopic (exact) mass is 325 g/mol. The Morgan fingerprint density at radius 2 is 1.65 bits per heavy atom. The van der Waals surface area contributed by atoms with Gasteiger partial charge in [0.25, 0.3) is 5.91 Å². The Bertz CT molecular complexity index is 443. The van der Waals surface area contributed by atoms with Gasteiger partial charge in [0.1, 0.15) is 12.2 Å². The van der Waals surface area contributed by atoms with Crippen LogP contribution in [0.1, 0.15) is 45.4 Å². The van der Waals surface area contributed by atoms with Crippen LogP contribution in [-0.2, 0) is 4.79 Å². The van der Waals surface area contributed by atoms with Crippen LogP contribution in [0.25, 0.3) is 0 Å². The highest BCUT2D eigenvalue weighted by molar-refractivity contribution is 5.81. The largest absolute Gasteiger partial charge is 0.394 e. The van der Waals surface area contributed by atoms with Gasteiger partial charge in [-0.2, -0.15) is 0 Å². The molecule has 0 aromatic carbocycles. The molecule has 5 N–H and O–H groups in total. The summed E-state index contributed by atoms with van der Waals surface area (Å²) < 4.78 is 0. The summed E-state index contributed by atoms with van der Waals surface area (Å²) in [5.41, 5.74) is 0. The summed E-state index contributed by atoms with van der Waals surface area (Å²) >= 11 is 0. The zero-order valence-corrected chi connectivity index (χ0v) is 13.6. The van der Waals surface area contributed by atoms with Crippen molar-refractivity contribution in [3.05, 3.63) is 0 Å². The van der Waals surface area contributed by atoms with E-state index in [0.717, 1.165) is 25.7 Å². The molecule has 0 aliphatic rings. The van der Waals surface area contributed by atoms with Crippen LogP contribution in [0.4, 0.5) is 0 Å². The van der Waals surface area contributed by atoms with E-state index in [2.05, 4.69) is 35.9 Å². The lowest BCUT2D eigenvalue weighted by Gasteiger charge is -2.20. The molecule has 3 atom stereocenters. The molecule has 130 valence electrons. The molecule has 6 nitrogen and oxygen atoms in total. The highest BCUT2D eigenvalue weighted by Crippen LogP contribution is 2.00. The van der Waals surface area contributed by atoms with Gasteiger partial charge in [0.15, 0.2) is 6.10 Å². The number of rotatable bonds is 10. The van der Waals surface area contributed by atoms with Crippen molar-refractivity contribution in [3.8, 4) is 23.7 Å². The molecule has 0 fully saturated rings. The summed E-state index contributed by atoms with van der Waals surface area (Å²) in [7, 11) is 0. The molecule has 0 aliphatic heterocycles. The van der Waals surface area contributed by atoms with Gasteiger partial charge in [-0.1, -0.05) is 25.2 Å². The molecule has 0 spiro atoms. The second kappa shape index (κ2) is 14.0. The molecule has 0 saturated heterocycles. The van der Waals surface area contributed by atoms with E-state index in [1.807, 2.05) is 0 Å². The molecule has 0 rings (SSSR count). The number of carbonyl (C=O) groups excluding carboxylic acids is 1. The molecule has 0 radical (unpaired) electrons. The summed E-state index contributed by atoms with van der Waals surface area (Å²) in [5, 5.41) is 39.1. The minimum absolute atomic E-state index is 0.335. The number of aliphatic hydroxyl groups is 4. The fourth-order valence-corrected chi connectivity index (χ4v) is 1.61. The first-order chi connectivity index (χ1) is 11.0. The van der Waals surface area contributed by atoms with Crippen LogP contribution in [0.5, 0.6) is 0 Å². The maximum Gasteiger partial charge on any atom is 0.251 e. The second-order valence-electron chi connectivity index (χ2n) is 5.14. The summed E-state index contributed by atoms with van der Waals surface area (Å²) in [6, 6.07) is 0. The van der Waals surface area contributed by atoms with Crippen LogP contribution in [0.3, 0.4) is 0 Å². The number of carbonyl (C=O) groups is 1. The molecule has 0 aliphatic carbocycles. The quantitative estimate of drug-likeness (QED) is 0.276. The Hall–Kier alpha value is -1.57. The number of unbranched alkanes of at least 4 members (excludes halogenated alkanes) is 4. The third-order valence-electron chi connectivity index (χ3n) is 3.10. The van der Waals surface area contributed by atoms with Crippen LogP contribution < -0.4 is 5.32 Å². The maximum atomic E-state index is 11.5. The first kappa shape index (κ1) is 21.4. The van der Waals surface area contributed by atoms with E-state index in [4.69, 9.17) is 10.2 Å². The summed E-state index contributed by atoms with van der Waals surface area (Å²) in [5.74, 6) is 10.7. The van der Waals surface area contributed by atoms with Crippen LogP contribution in [0.2, 0.25) is 0 Å². The lowest BCUT2D eigenvalue weighted by Crippen LogP contribution is -2.48. The Balaban J connectivity index is 3.77. The van der Waals surface area contributed by atoms with Gasteiger partial charge in [-0.25, -0.2) is 0 Å². The van der Waals surface area contributed by atoms with E-state index in [9.17, 15) is 15.0 Å². The van der Waals surface area contributed by atoms with Gasteiger partial charge in [-0.15, -0.1) is 0 Å². The van der Waals surface area contributed by atoms with E-state index in [1.54, 1.807) is 0 Å². The summed E-state index contributed by atoms with van der Waals surface area (Å²) in [6.07, 6.45) is 0.180. The van der Waals surface area contributed by atoms with Crippen LogP contribution in [-0.4, -0.2) is 57.8 Å². The van der Waals surface area contributed by atoms with Crippen molar-refractivity contribution >= 4 is 5.91 Å². The van der Waals surface area contributed by atoms with Crippen molar-refractivity contribution in [3.63, 3.8) is 0 Å². The van der Waals surface area contributed by atoms with E-state index in [-0.39, 0.29) is 0 Å². The van der Waals surface area contributed by atoms with Crippen molar-refractivity contribution in [2.75, 3.05) is 13.2 Å². The molecule has 0 aromatic rings. The molecule has 1 amide bonds. The fourth-order valence-electron chi connectivity index (χ4n) is 1.61. The van der Waals surface area contributed by atoms with E-state index < -0.39 is 30.8 Å². The van der Waals surface area contributed by atoms with Gasteiger partial charge >= 0.3 is 0 Å². The number of aliphatic hydroxyl groups excluding tert-OH is 4. The molecular weight excluding hydrogens is 298 g/mol. The van der Waals surface area contributed by atoms with Gasteiger partial charge in [0, 0.05) is 19.4 Å². The van der Waals surface area contributed by atoms with Crippen LogP contribution >= 0.6 is 0 Å². The van der Waals surface area contributed by atoms with Crippen molar-refractivity contribution < 1.29 is 25.2 Å². The first-order valence-corrected chi connectivity index (χ1v) is 7.93. The predicted molar refractivity (Wildman–Crippen MR) is 87.0 cm³/mol. The minimum atomic E-state index is -1.77. The molecule has 0 aromatic heterocycles. The summed E-state index contributed by atoms with van der Waals surface area (Å²) in [4.78, 5) is 11.5. The van der Waals surface area contributed by atoms with Crippen molar-refractivity contribution in [1.29, 1.82) is 0 Å². The number of nitrogens with one attached hydrogen (secondary N) is 1. The third kappa shape index (κ3) is 10.7. The highest BCUT2D eigenvalue weighted by atomic mass is 16.4. The zero-order chi connectivity index (χ0) is 17.5. The van der Waals surface area contributed by atoms with Crippen molar-refractivity contribution in [2.24, 2.45) is 0 Å². The molecule has 0 unspecified atom stereocenters. The second-order valence-corrected chi connectivity index (χ2v) is 5.14. The smallest absolute Gasteiger partial charge is 0.251 e. The minimum Gasteiger partial charge on any atom is -0.394 e. The lowest BCUT2D eigenvalue weighted by molar-refractivity contribution is -0.142. The van der Waals surface area contributed by atoms with Crippen LogP contribution in [0, 0.1) is 23.7 Å². The van der Waals surface area contributed by atoms with Gasteiger partial charge in [-0.05, 0) is 31.1 Å². The van der Waals surface area contributed by atoms with E-state index >= 15 is 0 Å². The lowest BCUT2D eigenvalue weighted by atomic mass is 10.1. The van der Waals surface area contributed by atoms with Gasteiger partial charge in [0.05, 0.1) is 6.61 Å². The molecular formula is C17H27NO5. The van der Waals surface area contributed by atoms with Gasteiger partial charge in [-0.3, -0.25) is 4.79 Å². The molecule has 0 bridgehead atoms. The number of hydrogen-bond acceptors (Lipinski definition) is 5. The highest BCUT2D eigenvalue weighted by Gasteiger charge is 2.29. The molecule has 0 heterocycles. The van der Waals surface area contributed by atoms with Crippen molar-refractivity contribution in [2.45, 2.75) is 63.8 Å². The van der Waals surface area contributed by atoms with E-state index in [1.165, 1.54) is 0 Å². The Morgan fingerprint density at radius 3 is 2.22 bits per heavy atom.